The molecule has 3 heterocycles. The van der Waals surface area contributed by atoms with E-state index in [2.05, 4.69) is 14.9 Å². The van der Waals surface area contributed by atoms with Crippen LogP contribution in [-0.2, 0) is 11.2 Å². The summed E-state index contributed by atoms with van der Waals surface area (Å²) in [7, 11) is 0. The fourth-order valence-corrected chi connectivity index (χ4v) is 4.31. The third kappa shape index (κ3) is 3.84. The summed E-state index contributed by atoms with van der Waals surface area (Å²) >= 11 is 6.03. The maximum Gasteiger partial charge on any atom is 0.232 e. The van der Waals surface area contributed by atoms with Crippen LogP contribution < -0.4 is 4.90 Å². The SMILES string of the molecule is Cc1nccc(N2CC(Cc3ccc(Cl)cc3)(C(=O)N3CCC(O)CC3)C2)n1. The number of benzene rings is 1. The van der Waals surface area contributed by atoms with Crippen molar-refractivity contribution in [1.29, 1.82) is 0 Å². The zero-order valence-electron chi connectivity index (χ0n) is 16.0. The molecule has 1 aromatic heterocycles. The standard InChI is InChI=1S/C21H25ClN4O2/c1-15-23-9-6-19(24-15)26-13-21(14-26,12-16-2-4-17(22)5-3-16)20(28)25-10-7-18(27)8-11-25/h2-6,9,18,27H,7-8,10-14H2,1H3. The maximum absolute atomic E-state index is 13.5. The smallest absolute Gasteiger partial charge is 0.232 e. The number of halogens is 1. The fraction of sp³-hybridized carbons (Fsp3) is 0.476. The molecule has 1 amide bonds. The Hall–Kier alpha value is -2.18. The normalized spacial score (nSPS) is 19.4. The Kier molecular flexibility index (Phi) is 5.25. The Morgan fingerprint density at radius 3 is 2.54 bits per heavy atom. The van der Waals surface area contributed by atoms with Gasteiger partial charge < -0.3 is 14.9 Å². The van der Waals surface area contributed by atoms with Gasteiger partial charge in [-0.25, -0.2) is 9.97 Å². The highest BCUT2D eigenvalue weighted by atomic mass is 35.5. The molecule has 2 aromatic rings. The lowest BCUT2D eigenvalue weighted by Crippen LogP contribution is -2.66. The van der Waals surface area contributed by atoms with E-state index in [1.807, 2.05) is 42.2 Å². The van der Waals surface area contributed by atoms with Crippen molar-refractivity contribution in [1.82, 2.24) is 14.9 Å². The number of hydrogen-bond acceptors (Lipinski definition) is 5. The van der Waals surface area contributed by atoms with E-state index in [4.69, 9.17) is 11.6 Å². The number of aliphatic hydroxyl groups is 1. The molecule has 0 saturated carbocycles. The van der Waals surface area contributed by atoms with Gasteiger partial charge >= 0.3 is 0 Å². The first-order valence-electron chi connectivity index (χ1n) is 9.72. The Balaban J connectivity index is 1.55. The first-order chi connectivity index (χ1) is 13.4. The van der Waals surface area contributed by atoms with Crippen LogP contribution in [0.15, 0.2) is 36.5 Å². The van der Waals surface area contributed by atoms with Crippen LogP contribution in [0.5, 0.6) is 0 Å². The molecule has 2 aliphatic rings. The molecule has 1 aromatic carbocycles. The van der Waals surface area contributed by atoms with Gasteiger partial charge in [-0.1, -0.05) is 23.7 Å². The number of nitrogens with zero attached hydrogens (tertiary/aromatic N) is 4. The van der Waals surface area contributed by atoms with Crippen molar-refractivity contribution in [3.63, 3.8) is 0 Å². The molecule has 6 nitrogen and oxygen atoms in total. The minimum atomic E-state index is -0.477. The van der Waals surface area contributed by atoms with Gasteiger partial charge in [-0.2, -0.15) is 0 Å². The molecule has 148 valence electrons. The number of hydrogen-bond donors (Lipinski definition) is 1. The first-order valence-corrected chi connectivity index (χ1v) is 10.1. The van der Waals surface area contributed by atoms with Crippen molar-refractivity contribution >= 4 is 23.3 Å². The number of aryl methyl sites for hydroxylation is 1. The monoisotopic (exact) mass is 400 g/mol. The van der Waals surface area contributed by atoms with E-state index in [0.29, 0.717) is 50.5 Å². The zero-order chi connectivity index (χ0) is 19.7. The summed E-state index contributed by atoms with van der Waals surface area (Å²) in [6, 6.07) is 9.62. The molecule has 0 unspecified atom stereocenters. The second-order valence-corrected chi connectivity index (χ2v) is 8.36. The average molecular weight is 401 g/mol. The van der Waals surface area contributed by atoms with E-state index < -0.39 is 5.41 Å². The second-order valence-electron chi connectivity index (χ2n) is 7.93. The Bertz CT molecular complexity index is 844. The second kappa shape index (κ2) is 7.68. The van der Waals surface area contributed by atoms with Crippen LogP contribution in [0.1, 0.15) is 24.2 Å². The third-order valence-electron chi connectivity index (χ3n) is 5.73. The van der Waals surface area contributed by atoms with Crippen LogP contribution in [-0.4, -0.2) is 58.2 Å². The first kappa shape index (κ1) is 19.2. The molecule has 2 aliphatic heterocycles. The number of aliphatic hydroxyl groups excluding tert-OH is 1. The van der Waals surface area contributed by atoms with Gasteiger partial charge in [0.05, 0.1) is 11.5 Å². The van der Waals surface area contributed by atoms with Crippen LogP contribution >= 0.6 is 11.6 Å². The summed E-state index contributed by atoms with van der Waals surface area (Å²) in [6.07, 6.45) is 3.43. The largest absolute Gasteiger partial charge is 0.393 e. The summed E-state index contributed by atoms with van der Waals surface area (Å²) in [6.45, 7) is 4.37. The number of rotatable bonds is 4. The molecule has 2 fully saturated rings. The summed E-state index contributed by atoms with van der Waals surface area (Å²) in [5, 5.41) is 10.5. The summed E-state index contributed by atoms with van der Waals surface area (Å²) in [5.74, 6) is 1.77. The number of aromatic nitrogens is 2. The molecule has 0 spiro atoms. The van der Waals surface area contributed by atoms with Gasteiger partial charge in [0, 0.05) is 37.4 Å². The predicted molar refractivity (Wildman–Crippen MR) is 108 cm³/mol. The number of carbonyl (C=O) groups excluding carboxylic acids is 1. The van der Waals surface area contributed by atoms with Crippen molar-refractivity contribution in [2.45, 2.75) is 32.3 Å². The third-order valence-corrected chi connectivity index (χ3v) is 5.99. The van der Waals surface area contributed by atoms with Crippen molar-refractivity contribution in [3.8, 4) is 0 Å². The number of anilines is 1. The lowest BCUT2D eigenvalue weighted by Gasteiger charge is -2.52. The maximum atomic E-state index is 13.5. The van der Waals surface area contributed by atoms with Crippen molar-refractivity contribution in [2.24, 2.45) is 5.41 Å². The van der Waals surface area contributed by atoms with Gasteiger partial charge in [-0.05, 0) is 49.9 Å². The number of likely N-dealkylation sites (tertiary alicyclic amines) is 1. The number of amides is 1. The van der Waals surface area contributed by atoms with Crippen molar-refractivity contribution in [3.05, 3.63) is 52.9 Å². The van der Waals surface area contributed by atoms with Crippen molar-refractivity contribution in [2.75, 3.05) is 31.1 Å². The minimum absolute atomic E-state index is 0.177. The highest BCUT2D eigenvalue weighted by molar-refractivity contribution is 6.30. The molecular formula is C21H25ClN4O2. The van der Waals surface area contributed by atoms with Crippen molar-refractivity contribution < 1.29 is 9.90 Å². The molecule has 0 bridgehead atoms. The molecule has 0 radical (unpaired) electrons. The Labute approximate surface area is 170 Å². The summed E-state index contributed by atoms with van der Waals surface area (Å²) in [4.78, 5) is 26.2. The average Bonchev–Trinajstić information content (AvgIpc) is 2.66. The van der Waals surface area contributed by atoms with Gasteiger partial charge in [0.25, 0.3) is 0 Å². The van der Waals surface area contributed by atoms with E-state index in [-0.39, 0.29) is 12.0 Å². The fourth-order valence-electron chi connectivity index (χ4n) is 4.19. The van der Waals surface area contributed by atoms with Gasteiger partial charge in [0.15, 0.2) is 0 Å². The molecule has 4 rings (SSSR count). The summed E-state index contributed by atoms with van der Waals surface area (Å²) < 4.78 is 0. The van der Waals surface area contributed by atoms with Crippen LogP contribution in [0.25, 0.3) is 0 Å². The Morgan fingerprint density at radius 2 is 1.89 bits per heavy atom. The molecule has 0 atom stereocenters. The van der Waals surface area contributed by atoms with E-state index >= 15 is 0 Å². The van der Waals surface area contributed by atoms with Crippen LogP contribution in [0.2, 0.25) is 5.02 Å². The van der Waals surface area contributed by atoms with Crippen LogP contribution in [0.3, 0.4) is 0 Å². The molecule has 2 saturated heterocycles. The van der Waals surface area contributed by atoms with E-state index in [1.165, 1.54) is 0 Å². The molecule has 28 heavy (non-hydrogen) atoms. The van der Waals surface area contributed by atoms with Gasteiger partial charge in [0.1, 0.15) is 11.6 Å². The van der Waals surface area contributed by atoms with E-state index in [0.717, 1.165) is 17.2 Å². The lowest BCUT2D eigenvalue weighted by molar-refractivity contribution is -0.146. The van der Waals surface area contributed by atoms with E-state index in [9.17, 15) is 9.90 Å². The molecule has 0 aliphatic carbocycles. The van der Waals surface area contributed by atoms with Gasteiger partial charge in [-0.3, -0.25) is 4.79 Å². The lowest BCUT2D eigenvalue weighted by atomic mass is 9.73. The number of piperidine rings is 1. The highest BCUT2D eigenvalue weighted by Crippen LogP contribution is 2.39. The Morgan fingerprint density at radius 1 is 1.21 bits per heavy atom. The molecular weight excluding hydrogens is 376 g/mol. The zero-order valence-corrected chi connectivity index (χ0v) is 16.8. The van der Waals surface area contributed by atoms with Crippen LogP contribution in [0, 0.1) is 12.3 Å². The minimum Gasteiger partial charge on any atom is -0.393 e. The molecule has 7 heteroatoms. The quantitative estimate of drug-likeness (QED) is 0.853. The number of carbonyl (C=O) groups is 1. The summed E-state index contributed by atoms with van der Waals surface area (Å²) in [5.41, 5.74) is 0.628. The van der Waals surface area contributed by atoms with E-state index in [1.54, 1.807) is 6.20 Å². The highest BCUT2D eigenvalue weighted by Gasteiger charge is 2.51. The van der Waals surface area contributed by atoms with Crippen LogP contribution in [0.4, 0.5) is 5.82 Å². The van der Waals surface area contributed by atoms with Gasteiger partial charge in [-0.15, -0.1) is 0 Å². The predicted octanol–water partition coefficient (Wildman–Crippen LogP) is 2.47. The molecule has 1 N–H and O–H groups in total. The van der Waals surface area contributed by atoms with Gasteiger partial charge in [0.2, 0.25) is 5.91 Å². The topological polar surface area (TPSA) is 69.6 Å².